The number of nitrogens with zero attached hydrogens (tertiary/aromatic N) is 3. The number of amides is 2. The van der Waals surface area contributed by atoms with E-state index in [0.717, 1.165) is 19.4 Å². The maximum atomic E-state index is 12.4. The van der Waals surface area contributed by atoms with Crippen molar-refractivity contribution in [2.45, 2.75) is 45.6 Å². The Balaban J connectivity index is 1.82. The average Bonchev–Trinajstić information content (AvgIpc) is 2.63. The van der Waals surface area contributed by atoms with E-state index in [0.29, 0.717) is 44.2 Å². The second-order valence-electron chi connectivity index (χ2n) is 5.98. The predicted octanol–water partition coefficient (Wildman–Crippen LogP) is 2.04. The first-order valence-corrected chi connectivity index (χ1v) is 8.93. The number of hydrogen-bond donors (Lipinski definition) is 2. The molecule has 25 heavy (non-hydrogen) atoms. The van der Waals surface area contributed by atoms with Gasteiger partial charge in [-0.25, -0.2) is 14.8 Å². The monoisotopic (exact) mass is 349 g/mol. The van der Waals surface area contributed by atoms with Gasteiger partial charge in [0.25, 0.3) is 5.91 Å². The molecule has 0 aliphatic carbocycles. The predicted molar refractivity (Wildman–Crippen MR) is 94.5 cm³/mol. The number of carbonyl (C=O) groups excluding carboxylic acids is 2. The Labute approximate surface area is 148 Å². The lowest BCUT2D eigenvalue weighted by Gasteiger charge is -2.31. The first kappa shape index (κ1) is 19.0. The van der Waals surface area contributed by atoms with Crippen molar-refractivity contribution in [1.82, 2.24) is 20.2 Å². The molecule has 0 bridgehead atoms. The van der Waals surface area contributed by atoms with Crippen molar-refractivity contribution in [2.24, 2.45) is 0 Å². The Hall–Kier alpha value is -2.38. The number of unbranched alkanes of at least 4 members (excludes halogenated alkanes) is 1. The fraction of sp³-hybridized carbons (Fsp3) is 0.647. The summed E-state index contributed by atoms with van der Waals surface area (Å²) >= 11 is 0. The van der Waals surface area contributed by atoms with Gasteiger partial charge in [-0.3, -0.25) is 4.79 Å². The highest BCUT2D eigenvalue weighted by Gasteiger charge is 2.25. The van der Waals surface area contributed by atoms with Crippen LogP contribution >= 0.6 is 0 Å². The lowest BCUT2D eigenvalue weighted by atomic mass is 10.1. The molecule has 2 heterocycles. The van der Waals surface area contributed by atoms with E-state index in [1.165, 1.54) is 0 Å². The summed E-state index contributed by atoms with van der Waals surface area (Å²) in [4.78, 5) is 34.1. The molecule has 1 aliphatic heterocycles. The first-order valence-electron chi connectivity index (χ1n) is 8.93. The third-order valence-corrected chi connectivity index (χ3v) is 4.06. The molecule has 138 valence electrons. The first-order chi connectivity index (χ1) is 12.1. The van der Waals surface area contributed by atoms with Gasteiger partial charge in [-0.05, 0) is 32.3 Å². The Bertz CT molecular complexity index is 573. The SMILES string of the molecule is CCCCNc1nccc(C(=O)NC2CCN(C(=O)OCC)CC2)n1. The van der Waals surface area contributed by atoms with Crippen LogP contribution in [-0.4, -0.2) is 59.2 Å². The third-order valence-electron chi connectivity index (χ3n) is 4.06. The van der Waals surface area contributed by atoms with Gasteiger partial charge in [-0.1, -0.05) is 13.3 Å². The maximum Gasteiger partial charge on any atom is 0.409 e. The van der Waals surface area contributed by atoms with Gasteiger partial charge in [-0.2, -0.15) is 0 Å². The van der Waals surface area contributed by atoms with Gasteiger partial charge in [0, 0.05) is 31.9 Å². The van der Waals surface area contributed by atoms with E-state index in [2.05, 4.69) is 27.5 Å². The molecule has 0 radical (unpaired) electrons. The molecule has 0 unspecified atom stereocenters. The van der Waals surface area contributed by atoms with Crippen molar-refractivity contribution in [1.29, 1.82) is 0 Å². The Morgan fingerprint density at radius 2 is 2.08 bits per heavy atom. The zero-order valence-corrected chi connectivity index (χ0v) is 15.0. The average molecular weight is 349 g/mol. The molecule has 0 saturated carbocycles. The second-order valence-corrected chi connectivity index (χ2v) is 5.98. The van der Waals surface area contributed by atoms with Gasteiger partial charge in [-0.15, -0.1) is 0 Å². The molecule has 1 aromatic rings. The van der Waals surface area contributed by atoms with Crippen molar-refractivity contribution in [3.8, 4) is 0 Å². The number of piperidine rings is 1. The molecule has 0 spiro atoms. The number of hydrogen-bond acceptors (Lipinski definition) is 6. The number of nitrogens with one attached hydrogen (secondary N) is 2. The Morgan fingerprint density at radius 1 is 1.32 bits per heavy atom. The van der Waals surface area contributed by atoms with Crippen LogP contribution in [0.1, 0.15) is 50.0 Å². The normalized spacial score (nSPS) is 14.9. The van der Waals surface area contributed by atoms with Gasteiger partial charge < -0.3 is 20.3 Å². The number of rotatable bonds is 7. The van der Waals surface area contributed by atoms with E-state index < -0.39 is 0 Å². The van der Waals surface area contributed by atoms with Crippen LogP contribution in [0, 0.1) is 0 Å². The molecule has 0 atom stereocenters. The number of aromatic nitrogens is 2. The van der Waals surface area contributed by atoms with Crippen LogP contribution in [-0.2, 0) is 4.74 Å². The molecule has 1 saturated heterocycles. The Kier molecular flexibility index (Phi) is 7.43. The van der Waals surface area contributed by atoms with Gasteiger partial charge in [0.1, 0.15) is 5.69 Å². The minimum absolute atomic E-state index is 0.0321. The number of anilines is 1. The molecule has 1 aromatic heterocycles. The number of likely N-dealkylation sites (tertiary alicyclic amines) is 1. The molecule has 2 amide bonds. The lowest BCUT2D eigenvalue weighted by molar-refractivity contribution is 0.0856. The highest BCUT2D eigenvalue weighted by molar-refractivity contribution is 5.92. The van der Waals surface area contributed by atoms with Gasteiger partial charge in [0.15, 0.2) is 0 Å². The van der Waals surface area contributed by atoms with E-state index in [1.807, 2.05) is 0 Å². The third kappa shape index (κ3) is 5.88. The molecule has 1 aliphatic rings. The molecule has 0 aromatic carbocycles. The van der Waals surface area contributed by atoms with Crippen LogP contribution in [0.5, 0.6) is 0 Å². The van der Waals surface area contributed by atoms with Crippen molar-refractivity contribution in [3.63, 3.8) is 0 Å². The zero-order valence-electron chi connectivity index (χ0n) is 15.0. The van der Waals surface area contributed by atoms with E-state index in [9.17, 15) is 9.59 Å². The summed E-state index contributed by atoms with van der Waals surface area (Å²) in [6, 6.07) is 1.64. The molecule has 8 nitrogen and oxygen atoms in total. The van der Waals surface area contributed by atoms with Crippen molar-refractivity contribution < 1.29 is 14.3 Å². The highest BCUT2D eigenvalue weighted by Crippen LogP contribution is 2.12. The summed E-state index contributed by atoms with van der Waals surface area (Å²) in [6.07, 6.45) is 4.82. The van der Waals surface area contributed by atoms with E-state index >= 15 is 0 Å². The number of ether oxygens (including phenoxy) is 1. The van der Waals surface area contributed by atoms with Crippen LogP contribution in [0.25, 0.3) is 0 Å². The van der Waals surface area contributed by atoms with Crippen LogP contribution in [0.2, 0.25) is 0 Å². The van der Waals surface area contributed by atoms with E-state index in [4.69, 9.17) is 4.74 Å². The minimum Gasteiger partial charge on any atom is -0.450 e. The second kappa shape index (κ2) is 9.80. The van der Waals surface area contributed by atoms with Crippen LogP contribution in [0.3, 0.4) is 0 Å². The summed E-state index contributed by atoms with van der Waals surface area (Å²) in [5.41, 5.74) is 0.349. The summed E-state index contributed by atoms with van der Waals surface area (Å²) in [6.45, 7) is 6.22. The zero-order chi connectivity index (χ0) is 18.1. The quantitative estimate of drug-likeness (QED) is 0.731. The standard InChI is InChI=1S/C17H27N5O3/c1-3-5-9-18-16-19-10-6-14(21-16)15(23)20-13-7-11-22(12-8-13)17(24)25-4-2/h6,10,13H,3-5,7-9,11-12H2,1-2H3,(H,20,23)(H,18,19,21). The van der Waals surface area contributed by atoms with Crippen LogP contribution in [0.4, 0.5) is 10.7 Å². The molecular formula is C17H27N5O3. The Morgan fingerprint density at radius 3 is 2.76 bits per heavy atom. The smallest absolute Gasteiger partial charge is 0.409 e. The summed E-state index contributed by atoms with van der Waals surface area (Å²) in [7, 11) is 0. The van der Waals surface area contributed by atoms with Gasteiger partial charge in [0.2, 0.25) is 5.95 Å². The van der Waals surface area contributed by atoms with E-state index in [1.54, 1.807) is 24.1 Å². The molecule has 8 heteroatoms. The van der Waals surface area contributed by atoms with Gasteiger partial charge in [0.05, 0.1) is 6.61 Å². The van der Waals surface area contributed by atoms with Gasteiger partial charge >= 0.3 is 6.09 Å². The largest absolute Gasteiger partial charge is 0.450 e. The fourth-order valence-corrected chi connectivity index (χ4v) is 2.63. The maximum absolute atomic E-state index is 12.4. The number of carbonyl (C=O) groups is 2. The van der Waals surface area contributed by atoms with Crippen LogP contribution < -0.4 is 10.6 Å². The van der Waals surface area contributed by atoms with Crippen molar-refractivity contribution in [3.05, 3.63) is 18.0 Å². The summed E-state index contributed by atoms with van der Waals surface area (Å²) < 4.78 is 5.00. The minimum atomic E-state index is -0.286. The fourth-order valence-electron chi connectivity index (χ4n) is 2.63. The molecule has 2 rings (SSSR count). The summed E-state index contributed by atoms with van der Waals surface area (Å²) in [5.74, 6) is 0.258. The molecular weight excluding hydrogens is 322 g/mol. The van der Waals surface area contributed by atoms with Crippen molar-refractivity contribution >= 4 is 17.9 Å². The van der Waals surface area contributed by atoms with Crippen LogP contribution in [0.15, 0.2) is 12.3 Å². The molecule has 1 fully saturated rings. The summed E-state index contributed by atoms with van der Waals surface area (Å²) in [5, 5.41) is 6.10. The highest BCUT2D eigenvalue weighted by atomic mass is 16.6. The van der Waals surface area contributed by atoms with E-state index in [-0.39, 0.29) is 18.0 Å². The lowest BCUT2D eigenvalue weighted by Crippen LogP contribution is -2.46. The molecule has 2 N–H and O–H groups in total. The topological polar surface area (TPSA) is 96.5 Å². The van der Waals surface area contributed by atoms with Crippen molar-refractivity contribution in [2.75, 3.05) is 31.6 Å².